The van der Waals surface area contributed by atoms with Gasteiger partial charge in [0.05, 0.1) is 10.9 Å². The highest BCUT2D eigenvalue weighted by Gasteiger charge is 2.34. The van der Waals surface area contributed by atoms with Gasteiger partial charge in [-0.3, -0.25) is 8.61 Å². The van der Waals surface area contributed by atoms with Gasteiger partial charge in [0, 0.05) is 12.4 Å². The van der Waals surface area contributed by atoms with Crippen LogP contribution < -0.4 is 0 Å². The van der Waals surface area contributed by atoms with E-state index in [0.29, 0.717) is 0 Å². The SMILES string of the molecule is CC1=CC2=NC3=S(N2C=C1)N1C=CC(C)=CC1=N3. The van der Waals surface area contributed by atoms with Gasteiger partial charge in [-0.1, -0.05) is 0 Å². The van der Waals surface area contributed by atoms with Crippen LogP contribution in [0.3, 0.4) is 0 Å². The molecule has 0 aromatic rings. The smallest absolute Gasteiger partial charge is 0.221 e. The molecule has 4 heterocycles. The van der Waals surface area contributed by atoms with Gasteiger partial charge in [0.1, 0.15) is 11.7 Å². The van der Waals surface area contributed by atoms with Crippen LogP contribution in [0.25, 0.3) is 0 Å². The molecule has 0 bridgehead atoms. The van der Waals surface area contributed by atoms with Gasteiger partial charge in [-0.05, 0) is 49.3 Å². The van der Waals surface area contributed by atoms with Crippen LogP contribution in [0.15, 0.2) is 57.8 Å². The maximum atomic E-state index is 4.62. The lowest BCUT2D eigenvalue weighted by molar-refractivity contribution is 0.834. The number of nitrogens with zero attached hydrogens (tertiary/aromatic N) is 4. The molecule has 0 unspecified atom stereocenters. The minimum atomic E-state index is -0.218. The molecule has 0 saturated heterocycles. The molecule has 18 heavy (non-hydrogen) atoms. The molecule has 0 N–H and O–H groups in total. The van der Waals surface area contributed by atoms with Crippen molar-refractivity contribution in [3.63, 3.8) is 0 Å². The van der Waals surface area contributed by atoms with Crippen molar-refractivity contribution in [1.82, 2.24) is 8.61 Å². The lowest BCUT2D eigenvalue weighted by Gasteiger charge is -2.28. The van der Waals surface area contributed by atoms with E-state index in [1.807, 2.05) is 0 Å². The average molecular weight is 256 g/mol. The van der Waals surface area contributed by atoms with Crippen molar-refractivity contribution in [3.05, 3.63) is 47.9 Å². The van der Waals surface area contributed by atoms with Gasteiger partial charge < -0.3 is 0 Å². The van der Waals surface area contributed by atoms with Crippen molar-refractivity contribution >= 4 is 27.6 Å². The summed E-state index contributed by atoms with van der Waals surface area (Å²) in [6.07, 6.45) is 12.6. The summed E-state index contributed by atoms with van der Waals surface area (Å²) in [4.78, 5) is 9.25. The highest BCUT2D eigenvalue weighted by atomic mass is 32.2. The molecule has 0 aliphatic carbocycles. The summed E-state index contributed by atoms with van der Waals surface area (Å²) >= 11 is 0. The molecule has 0 aromatic heterocycles. The standard InChI is InChI=1S/C13H12N4S/c1-9-3-5-16-11(7-9)14-13-15-12-8-10(2)4-6-17(12)18(13)16/h3-8H,1-2H3. The molecule has 0 aromatic carbocycles. The molecular weight excluding hydrogens is 244 g/mol. The Balaban J connectivity index is 1.80. The molecule has 4 rings (SSSR count). The number of aliphatic imine (C=N–C) groups is 2. The summed E-state index contributed by atoms with van der Waals surface area (Å²) in [6.45, 7) is 4.17. The minimum Gasteiger partial charge on any atom is -0.261 e. The fourth-order valence-electron chi connectivity index (χ4n) is 2.18. The van der Waals surface area contributed by atoms with E-state index in [4.69, 9.17) is 0 Å². The van der Waals surface area contributed by atoms with E-state index in [1.165, 1.54) is 11.1 Å². The van der Waals surface area contributed by atoms with Crippen LogP contribution in [0.4, 0.5) is 0 Å². The Kier molecular flexibility index (Phi) is 1.86. The van der Waals surface area contributed by atoms with Crippen molar-refractivity contribution in [1.29, 1.82) is 0 Å². The Morgan fingerprint density at radius 2 is 1.39 bits per heavy atom. The third kappa shape index (κ3) is 1.25. The molecule has 4 nitrogen and oxygen atoms in total. The number of rotatable bonds is 0. The molecule has 90 valence electrons. The highest BCUT2D eigenvalue weighted by Crippen LogP contribution is 2.41. The maximum Gasteiger partial charge on any atom is 0.221 e. The quantitative estimate of drug-likeness (QED) is 0.624. The molecule has 0 saturated carbocycles. The summed E-state index contributed by atoms with van der Waals surface area (Å²) in [5, 5.41) is 0.909. The lowest BCUT2D eigenvalue weighted by atomic mass is 10.2. The predicted molar refractivity (Wildman–Crippen MR) is 76.9 cm³/mol. The largest absolute Gasteiger partial charge is 0.261 e. The van der Waals surface area contributed by atoms with Crippen molar-refractivity contribution in [3.8, 4) is 0 Å². The van der Waals surface area contributed by atoms with Crippen molar-refractivity contribution in [2.24, 2.45) is 9.98 Å². The third-order valence-electron chi connectivity index (χ3n) is 3.07. The van der Waals surface area contributed by atoms with E-state index in [9.17, 15) is 0 Å². The van der Waals surface area contributed by atoms with E-state index in [1.54, 1.807) is 0 Å². The molecular formula is C13H12N4S. The van der Waals surface area contributed by atoms with Crippen molar-refractivity contribution in [2.75, 3.05) is 0 Å². The van der Waals surface area contributed by atoms with Crippen LogP contribution >= 0.6 is 10.9 Å². The van der Waals surface area contributed by atoms with E-state index < -0.39 is 0 Å². The number of hydrogen-bond donors (Lipinski definition) is 0. The number of fused-ring (bicyclic) bond motifs is 4. The molecule has 0 amide bonds. The Morgan fingerprint density at radius 1 is 0.889 bits per heavy atom. The summed E-state index contributed by atoms with van der Waals surface area (Å²) in [5.41, 5.74) is 2.45. The zero-order chi connectivity index (χ0) is 12.3. The zero-order valence-electron chi connectivity index (χ0n) is 10.2. The van der Waals surface area contributed by atoms with Gasteiger partial charge in [-0.25, -0.2) is 9.98 Å². The Labute approximate surface area is 108 Å². The second-order valence-electron chi connectivity index (χ2n) is 4.55. The van der Waals surface area contributed by atoms with Gasteiger partial charge in [-0.15, -0.1) is 0 Å². The molecule has 4 aliphatic heterocycles. The predicted octanol–water partition coefficient (Wildman–Crippen LogP) is 2.55. The maximum absolute atomic E-state index is 4.62. The monoisotopic (exact) mass is 256 g/mol. The Morgan fingerprint density at radius 3 is 1.89 bits per heavy atom. The van der Waals surface area contributed by atoms with Crippen LogP contribution in [-0.4, -0.2) is 25.4 Å². The first kappa shape index (κ1) is 10.1. The normalized spacial score (nSPS) is 24.4. The van der Waals surface area contributed by atoms with Crippen LogP contribution in [0.2, 0.25) is 0 Å². The second-order valence-corrected chi connectivity index (χ2v) is 6.23. The molecule has 4 aliphatic rings. The van der Waals surface area contributed by atoms with Gasteiger partial charge in [0.2, 0.25) is 5.11 Å². The molecule has 0 spiro atoms. The van der Waals surface area contributed by atoms with Crippen LogP contribution in [0, 0.1) is 0 Å². The Hall–Kier alpha value is -1.88. The number of hydrogen-bond acceptors (Lipinski definition) is 4. The van der Waals surface area contributed by atoms with Crippen LogP contribution in [0.1, 0.15) is 13.8 Å². The van der Waals surface area contributed by atoms with Gasteiger partial charge in [0.25, 0.3) is 0 Å². The fourth-order valence-corrected chi connectivity index (χ4v) is 3.97. The molecule has 0 atom stereocenters. The summed E-state index contributed by atoms with van der Waals surface area (Å²) in [6, 6.07) is 0. The van der Waals surface area contributed by atoms with E-state index >= 15 is 0 Å². The van der Waals surface area contributed by atoms with Gasteiger partial charge in [0.15, 0.2) is 0 Å². The average Bonchev–Trinajstić information content (AvgIpc) is 2.82. The van der Waals surface area contributed by atoms with E-state index in [2.05, 4.69) is 69.1 Å². The highest BCUT2D eigenvalue weighted by molar-refractivity contribution is 8.13. The van der Waals surface area contributed by atoms with E-state index in [-0.39, 0.29) is 10.9 Å². The first-order chi connectivity index (χ1) is 8.72. The third-order valence-corrected chi connectivity index (χ3v) is 4.94. The summed E-state index contributed by atoms with van der Waals surface area (Å²) in [7, 11) is -0.218. The lowest BCUT2D eigenvalue weighted by Crippen LogP contribution is -2.27. The van der Waals surface area contributed by atoms with Gasteiger partial charge >= 0.3 is 0 Å². The Bertz CT molecular complexity index is 617. The summed E-state index contributed by atoms with van der Waals surface area (Å²) < 4.78 is 4.38. The minimum absolute atomic E-state index is 0.218. The van der Waals surface area contributed by atoms with Gasteiger partial charge in [-0.2, -0.15) is 0 Å². The van der Waals surface area contributed by atoms with Crippen molar-refractivity contribution in [2.45, 2.75) is 13.8 Å². The van der Waals surface area contributed by atoms with Crippen molar-refractivity contribution < 1.29 is 0 Å². The zero-order valence-corrected chi connectivity index (χ0v) is 11.0. The van der Waals surface area contributed by atoms with Crippen LogP contribution in [0.5, 0.6) is 0 Å². The first-order valence-electron chi connectivity index (χ1n) is 5.83. The van der Waals surface area contributed by atoms with E-state index in [0.717, 1.165) is 16.8 Å². The molecule has 5 heteroatoms. The van der Waals surface area contributed by atoms with Crippen LogP contribution in [-0.2, 0) is 0 Å². The summed E-state index contributed by atoms with van der Waals surface area (Å²) in [5.74, 6) is 1.99. The fraction of sp³-hybridized carbons (Fsp3) is 0.154. The molecule has 0 radical (unpaired) electrons. The molecule has 0 fully saturated rings. The first-order valence-corrected chi connectivity index (χ1v) is 6.96. The number of allylic oxidation sites excluding steroid dienone is 4. The second kappa shape index (κ2) is 3.32. The number of amidine groups is 2. The topological polar surface area (TPSA) is 31.2 Å².